The Kier molecular flexibility index (Phi) is 5.78. The van der Waals surface area contributed by atoms with Gasteiger partial charge in [-0.1, -0.05) is 18.2 Å². The van der Waals surface area contributed by atoms with Crippen LogP contribution in [0.4, 0.5) is 10.8 Å². The van der Waals surface area contributed by atoms with Crippen LogP contribution in [0, 0.1) is 6.92 Å². The van der Waals surface area contributed by atoms with Crippen molar-refractivity contribution in [3.63, 3.8) is 0 Å². The molecule has 0 saturated carbocycles. The first-order chi connectivity index (χ1) is 14.6. The summed E-state index contributed by atoms with van der Waals surface area (Å²) in [6.45, 7) is 1.91. The average molecular weight is 438 g/mol. The molecule has 0 unspecified atom stereocenters. The lowest BCUT2D eigenvalue weighted by atomic mass is 10.2. The number of para-hydroxylation sites is 1. The first-order valence-corrected chi connectivity index (χ1v) is 10.9. The zero-order chi connectivity index (χ0) is 21.1. The quantitative estimate of drug-likeness (QED) is 0.394. The number of thiazole rings is 2. The second-order valence-electron chi connectivity index (χ2n) is 6.36. The molecule has 2 aromatic heterocycles. The summed E-state index contributed by atoms with van der Waals surface area (Å²) in [5.41, 5.74) is 2.83. The summed E-state index contributed by atoms with van der Waals surface area (Å²) in [6.07, 6.45) is 0. The van der Waals surface area contributed by atoms with E-state index in [1.165, 1.54) is 22.7 Å². The van der Waals surface area contributed by atoms with Crippen LogP contribution in [0.2, 0.25) is 0 Å². The number of aryl methyl sites for hydroxylation is 1. The van der Waals surface area contributed by atoms with Gasteiger partial charge in [0.15, 0.2) is 16.6 Å². The van der Waals surface area contributed by atoms with Gasteiger partial charge in [-0.05, 0) is 37.3 Å². The number of aromatic nitrogens is 2. The SMILES string of the molecule is COc1ccc(-c2nc(C(=O)N(c3ccccc3)c3nc(C)cs3)cs2)cc1OC. The van der Waals surface area contributed by atoms with Crippen molar-refractivity contribution in [1.29, 1.82) is 0 Å². The highest BCUT2D eigenvalue weighted by atomic mass is 32.1. The third-order valence-electron chi connectivity index (χ3n) is 4.37. The van der Waals surface area contributed by atoms with E-state index in [2.05, 4.69) is 9.97 Å². The first-order valence-electron chi connectivity index (χ1n) is 9.10. The Morgan fingerprint density at radius 2 is 1.70 bits per heavy atom. The Morgan fingerprint density at radius 1 is 0.933 bits per heavy atom. The fraction of sp³-hybridized carbons (Fsp3) is 0.136. The van der Waals surface area contributed by atoms with Crippen molar-refractivity contribution < 1.29 is 14.3 Å². The van der Waals surface area contributed by atoms with Crippen molar-refractivity contribution in [1.82, 2.24) is 9.97 Å². The number of anilines is 2. The van der Waals surface area contributed by atoms with Gasteiger partial charge in [0.05, 0.1) is 25.6 Å². The highest BCUT2D eigenvalue weighted by molar-refractivity contribution is 7.14. The van der Waals surface area contributed by atoms with E-state index >= 15 is 0 Å². The van der Waals surface area contributed by atoms with Gasteiger partial charge in [-0.25, -0.2) is 9.97 Å². The van der Waals surface area contributed by atoms with Gasteiger partial charge < -0.3 is 9.47 Å². The van der Waals surface area contributed by atoms with Crippen LogP contribution in [0.15, 0.2) is 59.3 Å². The van der Waals surface area contributed by atoms with Gasteiger partial charge in [0.25, 0.3) is 5.91 Å². The largest absolute Gasteiger partial charge is 0.493 e. The Hall–Kier alpha value is -3.23. The predicted octanol–water partition coefficient (Wildman–Crippen LogP) is 5.57. The summed E-state index contributed by atoms with van der Waals surface area (Å²) in [7, 11) is 3.18. The predicted molar refractivity (Wildman–Crippen MR) is 120 cm³/mol. The van der Waals surface area contributed by atoms with Crippen LogP contribution < -0.4 is 14.4 Å². The van der Waals surface area contributed by atoms with E-state index in [1.54, 1.807) is 24.5 Å². The molecule has 0 bridgehead atoms. The number of ether oxygens (including phenoxy) is 2. The second-order valence-corrected chi connectivity index (χ2v) is 8.05. The molecule has 0 fully saturated rings. The van der Waals surface area contributed by atoms with Crippen LogP contribution in [0.1, 0.15) is 16.2 Å². The van der Waals surface area contributed by atoms with Gasteiger partial charge in [0.1, 0.15) is 10.7 Å². The summed E-state index contributed by atoms with van der Waals surface area (Å²) in [4.78, 5) is 24.1. The number of methoxy groups -OCH3 is 2. The number of hydrogen-bond donors (Lipinski definition) is 0. The number of nitrogens with zero attached hydrogens (tertiary/aromatic N) is 3. The van der Waals surface area contributed by atoms with Crippen LogP contribution >= 0.6 is 22.7 Å². The molecule has 6 nitrogen and oxygen atoms in total. The number of benzene rings is 2. The Morgan fingerprint density at radius 3 is 2.37 bits per heavy atom. The first kappa shape index (κ1) is 20.1. The van der Waals surface area contributed by atoms with Gasteiger partial charge in [-0.15, -0.1) is 22.7 Å². The van der Waals surface area contributed by atoms with Gasteiger partial charge in [-0.2, -0.15) is 0 Å². The van der Waals surface area contributed by atoms with E-state index < -0.39 is 0 Å². The second kappa shape index (κ2) is 8.64. The molecule has 2 heterocycles. The lowest BCUT2D eigenvalue weighted by Gasteiger charge is -2.18. The van der Waals surface area contributed by atoms with Crippen LogP contribution in [0.3, 0.4) is 0 Å². The van der Waals surface area contributed by atoms with Crippen LogP contribution in [-0.2, 0) is 0 Å². The highest BCUT2D eigenvalue weighted by Gasteiger charge is 2.25. The summed E-state index contributed by atoms with van der Waals surface area (Å²) in [5, 5.41) is 5.03. The van der Waals surface area contributed by atoms with Crippen LogP contribution in [0.5, 0.6) is 11.5 Å². The number of amides is 1. The van der Waals surface area contributed by atoms with E-state index in [4.69, 9.17) is 9.47 Å². The summed E-state index contributed by atoms with van der Waals surface area (Å²) in [6, 6.07) is 15.0. The summed E-state index contributed by atoms with van der Waals surface area (Å²) in [5.74, 6) is 1.03. The fourth-order valence-corrected chi connectivity index (χ4v) is 4.53. The number of carbonyl (C=O) groups excluding carboxylic acids is 1. The molecule has 0 spiro atoms. The maximum atomic E-state index is 13.4. The molecule has 30 heavy (non-hydrogen) atoms. The molecular formula is C22H19N3O3S2. The minimum absolute atomic E-state index is 0.224. The van der Waals surface area contributed by atoms with Gasteiger partial charge in [0, 0.05) is 16.3 Å². The van der Waals surface area contributed by atoms with Gasteiger partial charge in [-0.3, -0.25) is 9.69 Å². The Bertz CT molecular complexity index is 1170. The molecular weight excluding hydrogens is 418 g/mol. The fourth-order valence-electron chi connectivity index (χ4n) is 2.92. The van der Waals surface area contributed by atoms with Crippen LogP contribution in [-0.4, -0.2) is 30.1 Å². The Labute approximate surface area is 182 Å². The van der Waals surface area contributed by atoms with Gasteiger partial charge in [0.2, 0.25) is 0 Å². The molecule has 4 rings (SSSR count). The maximum absolute atomic E-state index is 13.4. The molecule has 0 aliphatic rings. The van der Waals surface area contributed by atoms with Gasteiger partial charge >= 0.3 is 0 Å². The van der Waals surface area contributed by atoms with E-state index in [-0.39, 0.29) is 5.91 Å². The van der Waals surface area contributed by atoms with Crippen LogP contribution in [0.25, 0.3) is 10.6 Å². The standard InChI is InChI=1S/C22H19N3O3S2/c1-14-12-30-22(23-14)25(16-7-5-4-6-8-16)21(26)17-13-29-20(24-17)15-9-10-18(27-2)19(11-15)28-3/h4-13H,1-3H3. The molecule has 0 saturated heterocycles. The van der Waals surface area contributed by atoms with Crippen molar-refractivity contribution >= 4 is 39.4 Å². The maximum Gasteiger partial charge on any atom is 0.284 e. The third-order valence-corrected chi connectivity index (χ3v) is 6.20. The van der Waals surface area contributed by atoms with Crippen molar-refractivity contribution in [3.8, 4) is 22.1 Å². The number of carbonyl (C=O) groups is 1. The topological polar surface area (TPSA) is 64.5 Å². The average Bonchev–Trinajstić information content (AvgIpc) is 3.44. The minimum Gasteiger partial charge on any atom is -0.493 e. The van der Waals surface area contributed by atoms with E-state index in [1.807, 2.05) is 60.8 Å². The number of rotatable bonds is 6. The van der Waals surface area contributed by atoms with Crippen molar-refractivity contribution in [2.45, 2.75) is 6.92 Å². The smallest absolute Gasteiger partial charge is 0.284 e. The normalized spacial score (nSPS) is 10.6. The molecule has 0 atom stereocenters. The molecule has 8 heteroatoms. The van der Waals surface area contributed by atoms with E-state index in [0.29, 0.717) is 22.3 Å². The Balaban J connectivity index is 1.70. The van der Waals surface area contributed by atoms with E-state index in [9.17, 15) is 4.79 Å². The minimum atomic E-state index is -0.224. The molecule has 2 aromatic carbocycles. The zero-order valence-electron chi connectivity index (χ0n) is 16.7. The highest BCUT2D eigenvalue weighted by Crippen LogP contribution is 2.35. The van der Waals surface area contributed by atoms with E-state index in [0.717, 1.165) is 22.0 Å². The lowest BCUT2D eigenvalue weighted by molar-refractivity contribution is 0.0995. The summed E-state index contributed by atoms with van der Waals surface area (Å²) < 4.78 is 10.7. The lowest BCUT2D eigenvalue weighted by Crippen LogP contribution is -2.26. The zero-order valence-corrected chi connectivity index (χ0v) is 18.3. The van der Waals surface area contributed by atoms with Crippen molar-refractivity contribution in [2.75, 3.05) is 19.1 Å². The molecule has 4 aromatic rings. The monoisotopic (exact) mass is 437 g/mol. The third kappa shape index (κ3) is 3.92. The van der Waals surface area contributed by atoms with Crippen molar-refractivity contribution in [3.05, 3.63) is 70.7 Å². The van der Waals surface area contributed by atoms with Crippen molar-refractivity contribution in [2.24, 2.45) is 0 Å². The molecule has 0 aliphatic carbocycles. The number of hydrogen-bond acceptors (Lipinski definition) is 7. The molecule has 0 aliphatic heterocycles. The summed E-state index contributed by atoms with van der Waals surface area (Å²) >= 11 is 2.83. The molecule has 0 radical (unpaired) electrons. The molecule has 0 N–H and O–H groups in total. The molecule has 1 amide bonds. The molecule has 152 valence electrons.